The van der Waals surface area contributed by atoms with Gasteiger partial charge in [-0.2, -0.15) is 0 Å². The van der Waals surface area contributed by atoms with Crippen LogP contribution in [-0.2, 0) is 65.2 Å². The van der Waals surface area contributed by atoms with Gasteiger partial charge in [0.05, 0.1) is 43.7 Å². The molecule has 10 N–H and O–H groups in total. The Bertz CT molecular complexity index is 3040. The molecule has 0 aromatic heterocycles. The van der Waals surface area contributed by atoms with Gasteiger partial charge in [0, 0.05) is 56.8 Å². The number of carbonyl (C=O) groups excluding carboxylic acids is 8. The first-order valence-corrected chi connectivity index (χ1v) is 33.0. The molecule has 4 rings (SSSR count). The second-order valence-electron chi connectivity index (χ2n) is 24.3. The first-order valence-electron chi connectivity index (χ1n) is 31.4. The maximum absolute atomic E-state index is 14.7. The monoisotopic (exact) mass is 1300 g/mol. The lowest BCUT2D eigenvalue weighted by Crippen LogP contribution is -2.60. The number of benzene rings is 3. The number of nitrogens with zero attached hydrogens (tertiary/aromatic N) is 3. The van der Waals surface area contributed by atoms with E-state index in [1.807, 2.05) is 13.8 Å². The summed E-state index contributed by atoms with van der Waals surface area (Å²) in [5.41, 5.74) is 10.1. The van der Waals surface area contributed by atoms with E-state index in [1.165, 1.54) is 48.2 Å². The molecule has 92 heavy (non-hydrogen) atoms. The van der Waals surface area contributed by atoms with E-state index in [-0.39, 0.29) is 56.4 Å². The summed E-state index contributed by atoms with van der Waals surface area (Å²) in [4.78, 5) is 127. The number of aliphatic hydroxyl groups is 1. The van der Waals surface area contributed by atoms with Gasteiger partial charge in [-0.1, -0.05) is 104 Å². The van der Waals surface area contributed by atoms with Crippen molar-refractivity contribution in [2.45, 2.75) is 175 Å². The van der Waals surface area contributed by atoms with Crippen LogP contribution < -0.4 is 37.4 Å². The van der Waals surface area contributed by atoms with Crippen molar-refractivity contribution in [2.75, 3.05) is 51.3 Å². The molecule has 506 valence electrons. The number of anilines is 2. The van der Waals surface area contributed by atoms with E-state index < -0.39 is 134 Å². The molecule has 3 aromatic rings. The maximum Gasteiger partial charge on any atom is 0.410 e. The molecule has 1 fully saturated rings. The van der Waals surface area contributed by atoms with Crippen LogP contribution in [0.4, 0.5) is 16.2 Å². The molecular formula is C66H97N10O15P. The van der Waals surface area contributed by atoms with Gasteiger partial charge in [0.25, 0.3) is 5.91 Å². The summed E-state index contributed by atoms with van der Waals surface area (Å²) in [5, 5.41) is 37.6. The summed E-state index contributed by atoms with van der Waals surface area (Å²) < 4.78 is 29.6. The SMILES string of the molecule is C#CP(=O)(Nc1ccc(C(=O)N[C@@H](C(=O)N[C@H](CCCN)C(=O)Nc2ccc(COC(=O)N(C)[C@H](C(=O)N[C@H](C(=O)N(C)[C@@H](C(C)CC)[C@@H](CC(=O)N3CCC[C@H]3[C@H](O)CC(=O)N[C@@H](Cc3ccccc3)C(=O)O)OC)C(C)C)C(C)C)cc2)C(C)C)cc1)OCC. The third-order valence-electron chi connectivity index (χ3n) is 16.3. The highest BCUT2D eigenvalue weighted by Crippen LogP contribution is 2.45. The van der Waals surface area contributed by atoms with E-state index in [9.17, 15) is 57.9 Å². The van der Waals surface area contributed by atoms with Crippen molar-refractivity contribution in [3.05, 3.63) is 95.6 Å². The van der Waals surface area contributed by atoms with Crippen molar-refractivity contribution in [2.24, 2.45) is 29.4 Å². The quantitative estimate of drug-likeness (QED) is 0.0234. The van der Waals surface area contributed by atoms with E-state index >= 15 is 0 Å². The van der Waals surface area contributed by atoms with Crippen LogP contribution in [0.5, 0.6) is 0 Å². The summed E-state index contributed by atoms with van der Waals surface area (Å²) in [7, 11) is 0.875. The zero-order valence-corrected chi connectivity index (χ0v) is 56.0. The predicted molar refractivity (Wildman–Crippen MR) is 349 cm³/mol. The van der Waals surface area contributed by atoms with Crippen LogP contribution in [0.25, 0.3) is 0 Å². The number of aliphatic hydroxyl groups excluding tert-OH is 1. The number of rotatable bonds is 36. The number of likely N-dealkylation sites (N-methyl/N-ethyl adjacent to an activating group) is 2. The van der Waals surface area contributed by atoms with Crippen LogP contribution in [0.3, 0.4) is 0 Å². The Hall–Kier alpha value is -7.88. The minimum absolute atomic E-state index is 0.0431. The van der Waals surface area contributed by atoms with Crippen LogP contribution in [0, 0.1) is 35.8 Å². The second-order valence-corrected chi connectivity index (χ2v) is 26.1. The van der Waals surface area contributed by atoms with Gasteiger partial charge in [-0.25, -0.2) is 9.59 Å². The molecule has 0 bridgehead atoms. The molecule has 25 nitrogen and oxygen atoms in total. The highest BCUT2D eigenvalue weighted by atomic mass is 31.2. The van der Waals surface area contributed by atoms with Crippen molar-refractivity contribution < 1.29 is 71.9 Å². The second kappa shape index (κ2) is 37.0. The van der Waals surface area contributed by atoms with Gasteiger partial charge in [-0.3, -0.25) is 43.0 Å². The van der Waals surface area contributed by atoms with Crippen LogP contribution >= 0.6 is 7.52 Å². The molecule has 1 aliphatic heterocycles. The van der Waals surface area contributed by atoms with Crippen molar-refractivity contribution in [3.63, 3.8) is 0 Å². The van der Waals surface area contributed by atoms with Crippen LogP contribution in [-0.4, -0.2) is 174 Å². The van der Waals surface area contributed by atoms with Gasteiger partial charge in [0.15, 0.2) is 0 Å². The summed E-state index contributed by atoms with van der Waals surface area (Å²) in [5.74, 6) is -6.56. The Labute approximate surface area is 541 Å². The van der Waals surface area contributed by atoms with E-state index in [4.69, 9.17) is 26.2 Å². The Kier molecular flexibility index (Phi) is 30.8. The van der Waals surface area contributed by atoms with Crippen molar-refractivity contribution in [1.29, 1.82) is 0 Å². The topological polar surface area (TPSA) is 347 Å². The largest absolute Gasteiger partial charge is 0.480 e. The van der Waals surface area contributed by atoms with Crippen molar-refractivity contribution in [1.82, 2.24) is 36.0 Å². The smallest absolute Gasteiger partial charge is 0.410 e. The lowest BCUT2D eigenvalue weighted by molar-refractivity contribution is -0.147. The van der Waals surface area contributed by atoms with Gasteiger partial charge in [0.2, 0.25) is 35.4 Å². The number of amides is 8. The van der Waals surface area contributed by atoms with E-state index in [2.05, 4.69) is 37.3 Å². The fraction of sp³-hybridized carbons (Fsp3) is 0.561. The number of terminal acetylenes is 1. The molecule has 0 saturated carbocycles. The third kappa shape index (κ3) is 22.5. The number of hydrogen-bond donors (Lipinski definition) is 9. The summed E-state index contributed by atoms with van der Waals surface area (Å²) in [6.07, 6.45) is 3.97. The van der Waals surface area contributed by atoms with Gasteiger partial charge >= 0.3 is 19.6 Å². The zero-order chi connectivity index (χ0) is 68.6. The van der Waals surface area contributed by atoms with Crippen molar-refractivity contribution >= 4 is 72.3 Å². The normalized spacial score (nSPS) is 16.6. The minimum atomic E-state index is -3.58. The highest BCUT2D eigenvalue weighted by Gasteiger charge is 2.42. The number of nitrogens with one attached hydrogen (secondary N) is 6. The molecule has 3 aromatic carbocycles. The molecular weight excluding hydrogens is 1200 g/mol. The van der Waals surface area contributed by atoms with Gasteiger partial charge in [-0.15, -0.1) is 6.42 Å². The third-order valence-corrected chi connectivity index (χ3v) is 17.9. The average Bonchev–Trinajstić information content (AvgIpc) is 1.24. The van der Waals surface area contributed by atoms with Gasteiger partial charge in [0.1, 0.15) is 36.8 Å². The number of methoxy groups -OCH3 is 1. The van der Waals surface area contributed by atoms with E-state index in [0.717, 1.165) is 4.90 Å². The molecule has 26 heteroatoms. The Morgan fingerprint density at radius 2 is 1.39 bits per heavy atom. The average molecular weight is 1300 g/mol. The first-order chi connectivity index (χ1) is 43.5. The van der Waals surface area contributed by atoms with Crippen LogP contribution in [0.15, 0.2) is 78.9 Å². The summed E-state index contributed by atoms with van der Waals surface area (Å²) >= 11 is 0. The minimum Gasteiger partial charge on any atom is -0.480 e. The Morgan fingerprint density at radius 3 is 1.95 bits per heavy atom. The lowest BCUT2D eigenvalue weighted by atomic mass is 9.89. The summed E-state index contributed by atoms with van der Waals surface area (Å²) in [6, 6.07) is 14.3. The molecule has 11 atom stereocenters. The lowest BCUT2D eigenvalue weighted by Gasteiger charge is -2.41. The fourth-order valence-corrected chi connectivity index (χ4v) is 12.1. The first kappa shape index (κ1) is 76.6. The predicted octanol–water partition coefficient (Wildman–Crippen LogP) is 6.10. The van der Waals surface area contributed by atoms with Gasteiger partial charge < -0.3 is 71.4 Å². The Balaban J connectivity index is 1.37. The number of carboxylic acids is 1. The van der Waals surface area contributed by atoms with E-state index in [1.54, 1.807) is 110 Å². The molecule has 8 amide bonds. The van der Waals surface area contributed by atoms with Crippen molar-refractivity contribution in [3.8, 4) is 12.1 Å². The number of ether oxygens (including phenoxy) is 2. The highest BCUT2D eigenvalue weighted by molar-refractivity contribution is 7.65. The molecule has 2 unspecified atom stereocenters. The molecule has 1 saturated heterocycles. The zero-order valence-electron chi connectivity index (χ0n) is 55.1. The maximum atomic E-state index is 14.7. The van der Waals surface area contributed by atoms with Gasteiger partial charge in [-0.05, 0) is 110 Å². The number of nitrogens with two attached hydrogens (primary N) is 1. The fourth-order valence-electron chi connectivity index (χ4n) is 11.1. The molecule has 1 heterocycles. The van der Waals surface area contributed by atoms with Crippen LogP contribution in [0.1, 0.15) is 129 Å². The molecule has 0 spiro atoms. The molecule has 0 radical (unpaired) electrons. The number of carboxylic acid groups (broad SMARTS) is 1. The number of hydrogen-bond acceptors (Lipinski definition) is 15. The summed E-state index contributed by atoms with van der Waals surface area (Å²) in [6.45, 7) is 16.5. The standard InChI is InChI=1S/C66H97N10O15P/c1-14-43(10)59(53(89-13)38-55(79)76-35-21-25-51(76)52(77)37-54(78)69-50(65(85)86)36-44-22-18-17-19-23-44)74(11)64(84)57(41(6)7)72-63(83)58(42(8)9)75(12)66(87)90-39-45-26-30-47(31-27-45)68-61(81)49(24-20-34-67)70-62(82)56(40(4)5)71-60(80)46-28-32-48(33-29-46)73-92(88,16-3)91-15-2/h3,17-19,22-23,26-33,40-43,49-53,56-59,77H,14-15,20-21,24-25,34-39,67H2,1-2,4-13H3,(H,68,81)(H,69,78)(H,70,82)(H,71,80)(H,72,83)(H,73,88)(H,85,86)/t43?,49-,50+,51+,52-,53-,56-,57+,58+,59+,92?/m1/s1. The number of likely N-dealkylation sites (tertiary alicyclic amines) is 1. The van der Waals surface area contributed by atoms with E-state index in [0.29, 0.717) is 54.7 Å². The van der Waals surface area contributed by atoms with Crippen LogP contribution in [0.2, 0.25) is 0 Å². The number of carbonyl (C=O) groups is 9. The Morgan fingerprint density at radius 1 is 0.761 bits per heavy atom. The molecule has 0 aliphatic carbocycles. The molecule has 1 aliphatic rings. The number of aliphatic carboxylic acids is 1.